The van der Waals surface area contributed by atoms with Crippen molar-refractivity contribution in [2.45, 2.75) is 57.9 Å². The standard InChI is InChI=1S/C23H34N4O2/c1-17-4-2-3-5-20(17)25-22(29)27-12-8-19(9-13-27)26-14-10-23(11-15-26,21(24)28)16-18-6-7-18/h2-5,18-19H,6-16H2,1H3,(H2,24,28)(H,25,29). The van der Waals surface area contributed by atoms with Crippen molar-refractivity contribution in [2.24, 2.45) is 17.1 Å². The molecular weight excluding hydrogens is 364 g/mol. The minimum Gasteiger partial charge on any atom is -0.369 e. The average molecular weight is 399 g/mol. The van der Waals surface area contributed by atoms with Crippen LogP contribution in [0.4, 0.5) is 10.5 Å². The SMILES string of the molecule is Cc1ccccc1NC(=O)N1CCC(N2CCC(CC3CC3)(C(N)=O)CC2)CC1. The summed E-state index contributed by atoms with van der Waals surface area (Å²) in [6, 6.07) is 8.37. The van der Waals surface area contributed by atoms with E-state index in [1.54, 1.807) is 0 Å². The van der Waals surface area contributed by atoms with Crippen LogP contribution in [0, 0.1) is 18.3 Å². The molecule has 2 saturated heterocycles. The maximum Gasteiger partial charge on any atom is 0.321 e. The number of piperidine rings is 2. The number of anilines is 1. The summed E-state index contributed by atoms with van der Waals surface area (Å²) in [5.74, 6) is 0.635. The van der Waals surface area contributed by atoms with Gasteiger partial charge in [-0.15, -0.1) is 0 Å². The molecule has 29 heavy (non-hydrogen) atoms. The van der Waals surface area contributed by atoms with Gasteiger partial charge >= 0.3 is 6.03 Å². The Morgan fingerprint density at radius 3 is 2.31 bits per heavy atom. The zero-order valence-electron chi connectivity index (χ0n) is 17.5. The molecule has 1 aliphatic carbocycles. The van der Waals surface area contributed by atoms with E-state index in [1.807, 2.05) is 36.1 Å². The van der Waals surface area contributed by atoms with Crippen molar-refractivity contribution in [1.29, 1.82) is 0 Å². The molecule has 3 fully saturated rings. The topological polar surface area (TPSA) is 78.7 Å². The van der Waals surface area contributed by atoms with Gasteiger partial charge in [0, 0.05) is 24.8 Å². The Labute approximate surface area is 173 Å². The summed E-state index contributed by atoms with van der Waals surface area (Å²) < 4.78 is 0. The minimum atomic E-state index is -0.272. The smallest absolute Gasteiger partial charge is 0.321 e. The van der Waals surface area contributed by atoms with Crippen LogP contribution in [0.1, 0.15) is 50.5 Å². The molecule has 3 N–H and O–H groups in total. The summed E-state index contributed by atoms with van der Waals surface area (Å²) >= 11 is 0. The number of nitrogens with one attached hydrogen (secondary N) is 1. The van der Waals surface area contributed by atoms with Crippen molar-refractivity contribution in [3.05, 3.63) is 29.8 Å². The summed E-state index contributed by atoms with van der Waals surface area (Å²) in [7, 11) is 0. The minimum absolute atomic E-state index is 0.00595. The fourth-order valence-electron chi connectivity index (χ4n) is 5.08. The second-order valence-electron chi connectivity index (χ2n) is 9.29. The summed E-state index contributed by atoms with van der Waals surface area (Å²) in [6.45, 7) is 5.48. The lowest BCUT2D eigenvalue weighted by Crippen LogP contribution is -2.53. The van der Waals surface area contributed by atoms with Crippen LogP contribution in [0.3, 0.4) is 0 Å². The fraction of sp³-hybridized carbons (Fsp3) is 0.652. The van der Waals surface area contributed by atoms with Gasteiger partial charge in [0.05, 0.1) is 5.41 Å². The van der Waals surface area contributed by atoms with Crippen molar-refractivity contribution in [3.63, 3.8) is 0 Å². The largest absolute Gasteiger partial charge is 0.369 e. The Morgan fingerprint density at radius 2 is 1.72 bits per heavy atom. The number of nitrogens with two attached hydrogens (primary N) is 1. The molecule has 4 rings (SSSR count). The average Bonchev–Trinajstić information content (AvgIpc) is 3.54. The predicted octanol–water partition coefficient (Wildman–Crippen LogP) is 3.36. The molecule has 0 atom stereocenters. The molecule has 6 heteroatoms. The first-order chi connectivity index (χ1) is 14.0. The zero-order chi connectivity index (χ0) is 20.4. The number of nitrogens with zero attached hydrogens (tertiary/aromatic N) is 2. The van der Waals surface area contributed by atoms with Crippen molar-refractivity contribution in [3.8, 4) is 0 Å². The van der Waals surface area contributed by atoms with Crippen LogP contribution >= 0.6 is 0 Å². The number of hydrogen-bond acceptors (Lipinski definition) is 3. The van der Waals surface area contributed by atoms with Crippen molar-refractivity contribution >= 4 is 17.6 Å². The van der Waals surface area contributed by atoms with Gasteiger partial charge in [-0.25, -0.2) is 4.79 Å². The van der Waals surface area contributed by atoms with E-state index in [4.69, 9.17) is 5.73 Å². The molecule has 0 unspecified atom stereocenters. The molecule has 158 valence electrons. The molecule has 0 spiro atoms. The van der Waals surface area contributed by atoms with Crippen LogP contribution in [0.2, 0.25) is 0 Å². The van der Waals surface area contributed by atoms with E-state index in [2.05, 4.69) is 10.2 Å². The van der Waals surface area contributed by atoms with Crippen molar-refractivity contribution in [1.82, 2.24) is 9.80 Å². The first-order valence-corrected chi connectivity index (χ1v) is 11.1. The summed E-state index contributed by atoms with van der Waals surface area (Å²) in [5, 5.41) is 3.04. The Balaban J connectivity index is 1.26. The summed E-state index contributed by atoms with van der Waals surface area (Å²) in [5.41, 5.74) is 7.51. The molecule has 3 amide bonds. The van der Waals surface area contributed by atoms with Gasteiger partial charge in [0.1, 0.15) is 0 Å². The van der Waals surface area contributed by atoms with Gasteiger partial charge in [-0.2, -0.15) is 0 Å². The Bertz CT molecular complexity index is 745. The van der Waals surface area contributed by atoms with Crippen molar-refractivity contribution in [2.75, 3.05) is 31.5 Å². The third-order valence-electron chi connectivity index (χ3n) is 7.31. The van der Waals surface area contributed by atoms with E-state index in [0.717, 1.165) is 75.5 Å². The number of aryl methyl sites for hydroxylation is 1. The Hall–Kier alpha value is -2.08. The second kappa shape index (κ2) is 8.34. The maximum absolute atomic E-state index is 12.6. The van der Waals surface area contributed by atoms with Gasteiger partial charge in [0.25, 0.3) is 0 Å². The second-order valence-corrected chi connectivity index (χ2v) is 9.29. The van der Waals surface area contributed by atoms with Crippen LogP contribution in [0.5, 0.6) is 0 Å². The van der Waals surface area contributed by atoms with Crippen LogP contribution in [-0.4, -0.2) is 54.0 Å². The zero-order valence-corrected chi connectivity index (χ0v) is 17.5. The van der Waals surface area contributed by atoms with Crippen LogP contribution < -0.4 is 11.1 Å². The quantitative estimate of drug-likeness (QED) is 0.798. The highest BCUT2D eigenvalue weighted by atomic mass is 16.2. The Kier molecular flexibility index (Phi) is 5.81. The molecule has 6 nitrogen and oxygen atoms in total. The lowest BCUT2D eigenvalue weighted by molar-refractivity contribution is -0.132. The van der Waals surface area contributed by atoms with Crippen LogP contribution in [0.25, 0.3) is 0 Å². The molecule has 1 aromatic rings. The Morgan fingerprint density at radius 1 is 1.07 bits per heavy atom. The van der Waals surface area contributed by atoms with E-state index in [0.29, 0.717) is 6.04 Å². The number of carbonyl (C=O) groups excluding carboxylic acids is 2. The number of carbonyl (C=O) groups is 2. The highest BCUT2D eigenvalue weighted by molar-refractivity contribution is 5.90. The molecular formula is C23H34N4O2. The number of para-hydroxylation sites is 1. The highest BCUT2D eigenvalue weighted by Crippen LogP contribution is 2.46. The third-order valence-corrected chi connectivity index (χ3v) is 7.31. The molecule has 2 aliphatic heterocycles. The molecule has 2 heterocycles. The monoisotopic (exact) mass is 398 g/mol. The molecule has 1 aromatic carbocycles. The summed E-state index contributed by atoms with van der Waals surface area (Å²) in [4.78, 5) is 29.2. The van der Waals surface area contributed by atoms with Gasteiger partial charge in [-0.3, -0.25) is 4.79 Å². The van der Waals surface area contributed by atoms with Gasteiger partial charge in [-0.1, -0.05) is 31.0 Å². The number of hydrogen-bond donors (Lipinski definition) is 2. The van der Waals surface area contributed by atoms with Crippen LogP contribution in [0.15, 0.2) is 24.3 Å². The third kappa shape index (κ3) is 4.58. The van der Waals surface area contributed by atoms with Gasteiger partial charge in [-0.05, 0) is 69.7 Å². The van der Waals surface area contributed by atoms with E-state index in [-0.39, 0.29) is 17.4 Å². The van der Waals surface area contributed by atoms with Gasteiger partial charge in [0.15, 0.2) is 0 Å². The van der Waals surface area contributed by atoms with E-state index in [1.165, 1.54) is 12.8 Å². The van der Waals surface area contributed by atoms with Crippen molar-refractivity contribution < 1.29 is 9.59 Å². The van der Waals surface area contributed by atoms with Crippen LogP contribution in [-0.2, 0) is 4.79 Å². The molecule has 3 aliphatic rings. The number of primary amides is 1. The van der Waals surface area contributed by atoms with E-state index >= 15 is 0 Å². The molecule has 0 radical (unpaired) electrons. The highest BCUT2D eigenvalue weighted by Gasteiger charge is 2.44. The number of benzene rings is 1. The maximum atomic E-state index is 12.6. The van der Waals surface area contributed by atoms with E-state index < -0.39 is 0 Å². The van der Waals surface area contributed by atoms with E-state index in [9.17, 15) is 9.59 Å². The summed E-state index contributed by atoms with van der Waals surface area (Å²) in [6.07, 6.45) is 7.30. The van der Waals surface area contributed by atoms with Gasteiger partial charge < -0.3 is 20.9 Å². The predicted molar refractivity (Wildman–Crippen MR) is 115 cm³/mol. The number of urea groups is 1. The number of amides is 3. The lowest BCUT2D eigenvalue weighted by atomic mass is 9.73. The fourth-order valence-corrected chi connectivity index (χ4v) is 5.08. The molecule has 0 bridgehead atoms. The lowest BCUT2D eigenvalue weighted by Gasteiger charge is -2.45. The number of likely N-dealkylation sites (tertiary alicyclic amines) is 2. The number of rotatable bonds is 5. The molecule has 1 saturated carbocycles. The molecule has 0 aromatic heterocycles. The normalized spacial score (nSPS) is 23.0. The van der Waals surface area contributed by atoms with Gasteiger partial charge in [0.2, 0.25) is 5.91 Å². The first-order valence-electron chi connectivity index (χ1n) is 11.1. The first kappa shape index (κ1) is 20.2.